The van der Waals surface area contributed by atoms with E-state index in [-0.39, 0.29) is 10.5 Å². The van der Waals surface area contributed by atoms with Gasteiger partial charge in [0.15, 0.2) is 0 Å². The van der Waals surface area contributed by atoms with Gasteiger partial charge < -0.3 is 4.74 Å². The maximum atomic E-state index is 12.1. The fourth-order valence-corrected chi connectivity index (χ4v) is 3.07. The van der Waals surface area contributed by atoms with Gasteiger partial charge in [-0.05, 0) is 46.3 Å². The number of rotatable bonds is 4. The summed E-state index contributed by atoms with van der Waals surface area (Å²) in [4.78, 5) is 15.4. The van der Waals surface area contributed by atoms with Crippen molar-refractivity contribution in [1.82, 2.24) is 9.71 Å². The van der Waals surface area contributed by atoms with Crippen LogP contribution in [0, 0.1) is 0 Å². The van der Waals surface area contributed by atoms with Crippen molar-refractivity contribution in [2.45, 2.75) is 11.3 Å². The zero-order valence-corrected chi connectivity index (χ0v) is 13.9. The highest BCUT2D eigenvalue weighted by Crippen LogP contribution is 2.23. The Morgan fingerprint density at radius 3 is 2.33 bits per heavy atom. The van der Waals surface area contributed by atoms with Gasteiger partial charge in [-0.15, -0.1) is 13.2 Å². The first-order chi connectivity index (χ1) is 11.1. The standard InChI is InChI=1S/C13H8BrF3N2O4S/c14-9-5-11(7-18-6-9)24(21,22)19-12(20)8-1-3-10(4-2-8)23-13(15,16)17/h1-7H,(H,19,20). The molecule has 0 saturated carbocycles. The van der Waals surface area contributed by atoms with Gasteiger partial charge >= 0.3 is 6.36 Å². The average Bonchev–Trinajstić information content (AvgIpc) is 2.46. The molecular formula is C13H8BrF3N2O4S. The minimum Gasteiger partial charge on any atom is -0.406 e. The van der Waals surface area contributed by atoms with Gasteiger partial charge in [0.05, 0.1) is 0 Å². The van der Waals surface area contributed by atoms with Crippen LogP contribution in [0.15, 0.2) is 52.1 Å². The SMILES string of the molecule is O=C(NS(=O)(=O)c1cncc(Br)c1)c1ccc(OC(F)(F)F)cc1. The van der Waals surface area contributed by atoms with Gasteiger partial charge in [-0.2, -0.15) is 0 Å². The summed E-state index contributed by atoms with van der Waals surface area (Å²) < 4.78 is 66.1. The molecule has 0 unspecified atom stereocenters. The van der Waals surface area contributed by atoms with E-state index in [0.29, 0.717) is 4.47 Å². The summed E-state index contributed by atoms with van der Waals surface area (Å²) in [6.07, 6.45) is -2.46. The number of hydrogen-bond acceptors (Lipinski definition) is 5. The van der Waals surface area contributed by atoms with Gasteiger partial charge in [0, 0.05) is 22.4 Å². The van der Waals surface area contributed by atoms with E-state index in [1.807, 2.05) is 0 Å². The normalized spacial score (nSPS) is 11.8. The van der Waals surface area contributed by atoms with E-state index in [0.717, 1.165) is 30.5 Å². The highest BCUT2D eigenvalue weighted by molar-refractivity contribution is 9.10. The van der Waals surface area contributed by atoms with Crippen LogP contribution in [0.25, 0.3) is 0 Å². The van der Waals surface area contributed by atoms with Crippen molar-refractivity contribution < 1.29 is 31.1 Å². The third-order valence-corrected chi connectivity index (χ3v) is 4.30. The summed E-state index contributed by atoms with van der Waals surface area (Å²) in [6, 6.07) is 5.05. The molecule has 2 aromatic rings. The molecular weight excluding hydrogens is 417 g/mol. The Kier molecular flexibility index (Phi) is 5.13. The van der Waals surface area contributed by atoms with Crippen LogP contribution in [-0.4, -0.2) is 25.7 Å². The van der Waals surface area contributed by atoms with Crippen molar-refractivity contribution in [3.05, 3.63) is 52.8 Å². The lowest BCUT2D eigenvalue weighted by atomic mass is 10.2. The number of amides is 1. The first-order valence-corrected chi connectivity index (χ1v) is 8.38. The van der Waals surface area contributed by atoms with Crippen molar-refractivity contribution in [2.24, 2.45) is 0 Å². The fourth-order valence-electron chi connectivity index (χ4n) is 1.59. The van der Waals surface area contributed by atoms with E-state index in [2.05, 4.69) is 25.7 Å². The number of halogens is 4. The molecule has 128 valence electrons. The number of sulfonamides is 1. The fraction of sp³-hybridized carbons (Fsp3) is 0.0769. The van der Waals surface area contributed by atoms with Crippen molar-refractivity contribution in [2.75, 3.05) is 0 Å². The number of benzene rings is 1. The number of pyridine rings is 1. The van der Waals surface area contributed by atoms with Crippen LogP contribution in [0.3, 0.4) is 0 Å². The van der Waals surface area contributed by atoms with E-state index in [9.17, 15) is 26.4 Å². The Balaban J connectivity index is 2.15. The highest BCUT2D eigenvalue weighted by atomic mass is 79.9. The number of carbonyl (C=O) groups is 1. The highest BCUT2D eigenvalue weighted by Gasteiger charge is 2.31. The molecule has 1 aromatic carbocycles. The zero-order valence-electron chi connectivity index (χ0n) is 11.5. The van der Waals surface area contributed by atoms with Crippen LogP contribution in [0.2, 0.25) is 0 Å². The maximum absolute atomic E-state index is 12.1. The average molecular weight is 425 g/mol. The molecule has 0 bridgehead atoms. The van der Waals surface area contributed by atoms with E-state index in [4.69, 9.17) is 0 Å². The van der Waals surface area contributed by atoms with Crippen LogP contribution >= 0.6 is 15.9 Å². The molecule has 1 heterocycles. The van der Waals surface area contributed by atoms with Crippen molar-refractivity contribution in [3.8, 4) is 5.75 Å². The molecule has 0 aliphatic carbocycles. The number of hydrogen-bond donors (Lipinski definition) is 1. The van der Waals surface area contributed by atoms with E-state index < -0.39 is 28.0 Å². The van der Waals surface area contributed by atoms with Crippen LogP contribution < -0.4 is 9.46 Å². The third-order valence-electron chi connectivity index (χ3n) is 2.57. The summed E-state index contributed by atoms with van der Waals surface area (Å²) in [5.74, 6) is -1.54. The number of alkyl halides is 3. The Morgan fingerprint density at radius 2 is 1.79 bits per heavy atom. The summed E-state index contributed by atoms with van der Waals surface area (Å²) in [7, 11) is -4.17. The molecule has 0 atom stereocenters. The molecule has 1 N–H and O–H groups in total. The molecule has 2 rings (SSSR count). The molecule has 1 amide bonds. The third kappa shape index (κ3) is 4.93. The maximum Gasteiger partial charge on any atom is 0.573 e. The molecule has 1 aromatic heterocycles. The zero-order chi connectivity index (χ0) is 18.0. The largest absolute Gasteiger partial charge is 0.573 e. The number of nitrogens with one attached hydrogen (secondary N) is 1. The predicted molar refractivity (Wildman–Crippen MR) is 79.7 cm³/mol. The molecule has 0 fully saturated rings. The van der Waals surface area contributed by atoms with Gasteiger partial charge in [-0.1, -0.05) is 0 Å². The van der Waals surface area contributed by atoms with Crippen LogP contribution in [-0.2, 0) is 10.0 Å². The minimum absolute atomic E-state index is 0.156. The first-order valence-electron chi connectivity index (χ1n) is 6.10. The minimum atomic E-state index is -4.86. The predicted octanol–water partition coefficient (Wildman–Crippen LogP) is 2.86. The summed E-state index contributed by atoms with van der Waals surface area (Å²) >= 11 is 3.05. The smallest absolute Gasteiger partial charge is 0.406 e. The quantitative estimate of drug-likeness (QED) is 0.815. The Morgan fingerprint density at radius 1 is 1.17 bits per heavy atom. The molecule has 0 radical (unpaired) electrons. The first kappa shape index (κ1) is 18.2. The van der Waals surface area contributed by atoms with E-state index in [1.165, 1.54) is 12.3 Å². The van der Waals surface area contributed by atoms with Gasteiger partial charge in [-0.25, -0.2) is 13.1 Å². The van der Waals surface area contributed by atoms with Crippen LogP contribution in [0.1, 0.15) is 10.4 Å². The molecule has 0 aliphatic rings. The van der Waals surface area contributed by atoms with E-state index in [1.54, 1.807) is 4.72 Å². The van der Waals surface area contributed by atoms with Crippen LogP contribution in [0.4, 0.5) is 13.2 Å². The number of nitrogens with zero attached hydrogens (tertiary/aromatic N) is 1. The summed E-state index contributed by atoms with van der Waals surface area (Å²) in [5.41, 5.74) is -0.156. The molecule has 24 heavy (non-hydrogen) atoms. The Labute approximate surface area is 142 Å². The van der Waals surface area contributed by atoms with Gasteiger partial charge in [-0.3, -0.25) is 9.78 Å². The van der Waals surface area contributed by atoms with Crippen molar-refractivity contribution in [3.63, 3.8) is 0 Å². The van der Waals surface area contributed by atoms with Crippen LogP contribution in [0.5, 0.6) is 5.75 Å². The van der Waals surface area contributed by atoms with Gasteiger partial charge in [0.2, 0.25) is 0 Å². The molecule has 0 aliphatic heterocycles. The summed E-state index contributed by atoms with van der Waals surface area (Å²) in [5, 5.41) is 0. The lowest BCUT2D eigenvalue weighted by Crippen LogP contribution is -2.30. The number of carbonyl (C=O) groups excluding carboxylic acids is 1. The van der Waals surface area contributed by atoms with Gasteiger partial charge in [0.25, 0.3) is 15.9 Å². The topological polar surface area (TPSA) is 85.4 Å². The molecule has 6 nitrogen and oxygen atoms in total. The second kappa shape index (κ2) is 6.77. The Hall–Kier alpha value is -2.14. The second-order valence-electron chi connectivity index (χ2n) is 4.35. The molecule has 0 spiro atoms. The van der Waals surface area contributed by atoms with E-state index >= 15 is 0 Å². The monoisotopic (exact) mass is 424 g/mol. The summed E-state index contributed by atoms with van der Waals surface area (Å²) in [6.45, 7) is 0. The number of aromatic nitrogens is 1. The lowest BCUT2D eigenvalue weighted by Gasteiger charge is -2.10. The number of ether oxygens (including phenoxy) is 1. The Bertz CT molecular complexity index is 854. The van der Waals surface area contributed by atoms with Crippen molar-refractivity contribution in [1.29, 1.82) is 0 Å². The van der Waals surface area contributed by atoms with Gasteiger partial charge in [0.1, 0.15) is 10.6 Å². The lowest BCUT2D eigenvalue weighted by molar-refractivity contribution is -0.274. The molecule has 0 saturated heterocycles. The molecule has 11 heteroatoms. The second-order valence-corrected chi connectivity index (χ2v) is 6.94. The van der Waals surface area contributed by atoms with Crippen molar-refractivity contribution >= 4 is 31.9 Å².